The van der Waals surface area contributed by atoms with Crippen LogP contribution in [-0.2, 0) is 0 Å². The first-order chi connectivity index (χ1) is 24.3. The number of aromatic nitrogens is 1. The predicted molar refractivity (Wildman–Crippen MR) is 204 cm³/mol. The topological polar surface area (TPSA) is 41.7 Å². The molecule has 1 atom stereocenters. The highest BCUT2D eigenvalue weighted by atomic mass is 15.2. The molecule has 4 heteroatoms. The number of nitrogens with zero attached hydrogens (tertiary/aromatic N) is 3. The smallest absolute Gasteiger partial charge is 0.155 e. The molecular formula is C45H34N4. The second-order valence-corrected chi connectivity index (χ2v) is 12.6. The van der Waals surface area contributed by atoms with E-state index in [4.69, 9.17) is 9.98 Å². The second-order valence-electron chi connectivity index (χ2n) is 12.6. The van der Waals surface area contributed by atoms with Crippen LogP contribution in [0.1, 0.15) is 30.1 Å². The van der Waals surface area contributed by atoms with Crippen LogP contribution in [0.2, 0.25) is 0 Å². The van der Waals surface area contributed by atoms with Crippen molar-refractivity contribution in [1.82, 2.24) is 9.88 Å². The Morgan fingerprint density at radius 3 is 1.73 bits per heavy atom. The monoisotopic (exact) mass is 630 g/mol. The van der Waals surface area contributed by atoms with E-state index in [1.54, 1.807) is 0 Å². The molecule has 234 valence electrons. The molecule has 1 aliphatic carbocycles. The lowest BCUT2D eigenvalue weighted by atomic mass is 10.0. The Labute approximate surface area is 286 Å². The maximum Gasteiger partial charge on any atom is 0.155 e. The van der Waals surface area contributed by atoms with Crippen molar-refractivity contribution >= 4 is 33.5 Å². The van der Waals surface area contributed by atoms with Crippen LogP contribution >= 0.6 is 0 Å². The molecule has 0 saturated carbocycles. The Bertz CT molecular complexity index is 2370. The molecular weight excluding hydrogens is 597 g/mol. The molecule has 0 bridgehead atoms. The molecule has 0 spiro atoms. The van der Waals surface area contributed by atoms with Crippen molar-refractivity contribution in [2.24, 2.45) is 9.98 Å². The molecule has 0 amide bonds. The third kappa shape index (κ3) is 5.47. The number of nitrogens with one attached hydrogen (secondary N) is 1. The van der Waals surface area contributed by atoms with E-state index in [1.807, 2.05) is 6.07 Å². The lowest BCUT2D eigenvalue weighted by Crippen LogP contribution is -2.33. The van der Waals surface area contributed by atoms with Crippen LogP contribution in [0.3, 0.4) is 0 Å². The highest BCUT2D eigenvalue weighted by Gasteiger charge is 2.22. The zero-order chi connectivity index (χ0) is 32.6. The van der Waals surface area contributed by atoms with Crippen molar-refractivity contribution in [3.63, 3.8) is 0 Å². The van der Waals surface area contributed by atoms with Gasteiger partial charge in [0.25, 0.3) is 0 Å². The zero-order valence-corrected chi connectivity index (χ0v) is 27.0. The SMILES string of the molecule is C1=CCCC(C2=NC(c3ccc(-c4ccccc4)cc3)NC(c3ccc(-c4ccc(-n5c6ccccc6c6ccccc65)cc4)cc3)=N2)=C1. The molecule has 0 saturated heterocycles. The molecule has 1 aromatic heterocycles. The average Bonchev–Trinajstić information content (AvgIpc) is 3.53. The molecule has 0 fully saturated rings. The summed E-state index contributed by atoms with van der Waals surface area (Å²) >= 11 is 0. The largest absolute Gasteiger partial charge is 0.344 e. The van der Waals surface area contributed by atoms with Gasteiger partial charge < -0.3 is 9.88 Å². The minimum absolute atomic E-state index is 0.229. The van der Waals surface area contributed by atoms with Gasteiger partial charge in [-0.2, -0.15) is 0 Å². The number of amidine groups is 2. The molecule has 0 radical (unpaired) electrons. The van der Waals surface area contributed by atoms with E-state index in [2.05, 4.69) is 174 Å². The minimum Gasteiger partial charge on any atom is -0.344 e. The van der Waals surface area contributed by atoms with Gasteiger partial charge in [-0.1, -0.05) is 146 Å². The summed E-state index contributed by atoms with van der Waals surface area (Å²) in [5.41, 5.74) is 11.6. The van der Waals surface area contributed by atoms with Crippen LogP contribution in [-0.4, -0.2) is 16.2 Å². The molecule has 1 N–H and O–H groups in total. The number of para-hydroxylation sites is 2. The quantitative estimate of drug-likeness (QED) is 0.195. The van der Waals surface area contributed by atoms with E-state index in [0.29, 0.717) is 0 Å². The van der Waals surface area contributed by atoms with Gasteiger partial charge in [0.05, 0.1) is 11.0 Å². The molecule has 2 heterocycles. The van der Waals surface area contributed by atoms with Crippen molar-refractivity contribution in [3.05, 3.63) is 187 Å². The van der Waals surface area contributed by atoms with Crippen LogP contribution in [0.25, 0.3) is 49.7 Å². The summed E-state index contributed by atoms with van der Waals surface area (Å²) in [6, 6.07) is 54.0. The fourth-order valence-electron chi connectivity index (χ4n) is 7.01. The summed E-state index contributed by atoms with van der Waals surface area (Å²) in [6.07, 6.45) is 8.18. The number of hydrogen-bond acceptors (Lipinski definition) is 3. The van der Waals surface area contributed by atoms with Crippen molar-refractivity contribution in [2.75, 3.05) is 0 Å². The fraction of sp³-hybridized carbons (Fsp3) is 0.0667. The van der Waals surface area contributed by atoms with Gasteiger partial charge in [-0.3, -0.25) is 0 Å². The lowest BCUT2D eigenvalue weighted by molar-refractivity contribution is 0.673. The van der Waals surface area contributed by atoms with Crippen molar-refractivity contribution in [1.29, 1.82) is 0 Å². The van der Waals surface area contributed by atoms with E-state index in [9.17, 15) is 0 Å². The van der Waals surface area contributed by atoms with Gasteiger partial charge in [-0.15, -0.1) is 0 Å². The van der Waals surface area contributed by atoms with Crippen LogP contribution in [0, 0.1) is 0 Å². The van der Waals surface area contributed by atoms with Gasteiger partial charge in [-0.25, -0.2) is 9.98 Å². The van der Waals surface area contributed by atoms with Gasteiger partial charge >= 0.3 is 0 Å². The molecule has 6 aromatic carbocycles. The summed E-state index contributed by atoms with van der Waals surface area (Å²) in [5.74, 6) is 1.64. The van der Waals surface area contributed by atoms with E-state index >= 15 is 0 Å². The second kappa shape index (κ2) is 12.4. The maximum atomic E-state index is 5.10. The molecule has 1 aliphatic heterocycles. The molecule has 1 unspecified atom stereocenters. The first-order valence-electron chi connectivity index (χ1n) is 16.9. The Kier molecular flexibility index (Phi) is 7.32. The van der Waals surface area contributed by atoms with Crippen LogP contribution in [0.5, 0.6) is 0 Å². The number of fused-ring (bicyclic) bond motifs is 3. The maximum absolute atomic E-state index is 5.10. The minimum atomic E-state index is -0.229. The zero-order valence-electron chi connectivity index (χ0n) is 27.0. The third-order valence-corrected chi connectivity index (χ3v) is 9.57. The summed E-state index contributed by atoms with van der Waals surface area (Å²) in [6.45, 7) is 0. The average molecular weight is 631 g/mol. The van der Waals surface area contributed by atoms with Gasteiger partial charge in [0.2, 0.25) is 0 Å². The van der Waals surface area contributed by atoms with Crippen LogP contribution < -0.4 is 5.32 Å². The standard InChI is InChI=1S/C45H34N4/c1-3-11-31(12-4-1)32-19-23-36(24-20-32)44-46-43(35-13-5-2-6-14-35)47-45(48-44)37-25-21-33(22-26-37)34-27-29-38(30-28-34)49-41-17-9-7-15-39(41)40-16-8-10-18-42(40)49/h1-5,7-13,15-30,44H,6,14H2,(H,46,47,48). The predicted octanol–water partition coefficient (Wildman–Crippen LogP) is 10.8. The number of aliphatic imine (C=N–C) groups is 2. The summed E-state index contributed by atoms with van der Waals surface area (Å²) in [5, 5.41) is 6.18. The number of rotatable bonds is 6. The van der Waals surface area contributed by atoms with Crippen LogP contribution in [0.4, 0.5) is 0 Å². The van der Waals surface area contributed by atoms with Crippen molar-refractivity contribution in [2.45, 2.75) is 19.0 Å². The first-order valence-corrected chi connectivity index (χ1v) is 16.9. The molecule has 2 aliphatic rings. The molecule has 4 nitrogen and oxygen atoms in total. The third-order valence-electron chi connectivity index (χ3n) is 9.57. The Hall–Kier alpha value is -6.26. The number of allylic oxidation sites excluding steroid dienone is 3. The van der Waals surface area contributed by atoms with Gasteiger partial charge in [0.1, 0.15) is 12.0 Å². The number of benzene rings is 6. The highest BCUT2D eigenvalue weighted by Crippen LogP contribution is 2.33. The Balaban J connectivity index is 1.01. The number of hydrogen-bond donors (Lipinski definition) is 1. The summed E-state index contributed by atoms with van der Waals surface area (Å²) in [4.78, 5) is 10.2. The Morgan fingerprint density at radius 1 is 0.551 bits per heavy atom. The molecule has 7 aromatic rings. The van der Waals surface area contributed by atoms with E-state index in [-0.39, 0.29) is 6.17 Å². The van der Waals surface area contributed by atoms with Gasteiger partial charge in [0, 0.05) is 22.0 Å². The van der Waals surface area contributed by atoms with Crippen LogP contribution in [0.15, 0.2) is 185 Å². The normalized spacial score (nSPS) is 15.8. The van der Waals surface area contributed by atoms with E-state index < -0.39 is 0 Å². The van der Waals surface area contributed by atoms with Gasteiger partial charge in [0.15, 0.2) is 5.84 Å². The van der Waals surface area contributed by atoms with Gasteiger partial charge in [-0.05, 0) is 70.5 Å². The first kappa shape index (κ1) is 28.9. The van der Waals surface area contributed by atoms with E-state index in [0.717, 1.165) is 46.9 Å². The fourth-order valence-corrected chi connectivity index (χ4v) is 7.01. The highest BCUT2D eigenvalue weighted by molar-refractivity contribution is 6.13. The van der Waals surface area contributed by atoms with E-state index in [1.165, 1.54) is 44.1 Å². The summed E-state index contributed by atoms with van der Waals surface area (Å²) < 4.78 is 2.35. The summed E-state index contributed by atoms with van der Waals surface area (Å²) in [7, 11) is 0. The van der Waals surface area contributed by atoms with Crippen molar-refractivity contribution < 1.29 is 0 Å². The van der Waals surface area contributed by atoms with Crippen molar-refractivity contribution in [3.8, 4) is 27.9 Å². The lowest BCUT2D eigenvalue weighted by Gasteiger charge is -2.25. The molecule has 9 rings (SSSR count). The molecule has 49 heavy (non-hydrogen) atoms. The Morgan fingerprint density at radius 2 is 1.10 bits per heavy atom.